The number of ketones is 1. The van der Waals surface area contributed by atoms with Crippen LogP contribution in [-0.2, 0) is 43.2 Å². The first-order valence-corrected chi connectivity index (χ1v) is 11.2. The molecule has 0 saturated heterocycles. The van der Waals surface area contributed by atoms with Gasteiger partial charge in [-0.05, 0) is 61.6 Å². The lowest BCUT2D eigenvalue weighted by atomic mass is 9.96. The van der Waals surface area contributed by atoms with Gasteiger partial charge in [0.25, 0.3) is 11.5 Å². The van der Waals surface area contributed by atoms with Gasteiger partial charge in [-0.25, -0.2) is 4.79 Å². The van der Waals surface area contributed by atoms with Gasteiger partial charge in [0.2, 0.25) is 0 Å². The first kappa shape index (κ1) is 23.6. The molecule has 0 aromatic heterocycles. The first-order chi connectivity index (χ1) is 16.2. The minimum absolute atomic E-state index is 0.00573. The molecule has 0 amide bonds. The molecule has 2 aliphatic heterocycles. The Balaban J connectivity index is 1.47. The van der Waals surface area contributed by atoms with Gasteiger partial charge in [0, 0.05) is 18.4 Å². The largest absolute Gasteiger partial charge is 0.508 e. The molecule has 2 unspecified atom stereocenters. The molecule has 0 fully saturated rings. The molecule has 3 N–H and O–H groups in total. The van der Waals surface area contributed by atoms with E-state index in [1.54, 1.807) is 38.1 Å². The molecular formula is C26H28O8. The van der Waals surface area contributed by atoms with Crippen molar-refractivity contribution in [1.29, 1.82) is 0 Å². The molecule has 2 aromatic carbocycles. The second kappa shape index (κ2) is 9.38. The van der Waals surface area contributed by atoms with Gasteiger partial charge >= 0.3 is 5.97 Å². The van der Waals surface area contributed by atoms with E-state index in [2.05, 4.69) is 0 Å². The van der Waals surface area contributed by atoms with E-state index in [1.165, 1.54) is 6.07 Å². The molecule has 2 heterocycles. The third-order valence-electron chi connectivity index (χ3n) is 6.18. The van der Waals surface area contributed by atoms with Gasteiger partial charge in [0.15, 0.2) is 11.9 Å². The van der Waals surface area contributed by atoms with Crippen molar-refractivity contribution in [3.05, 3.63) is 70.2 Å². The van der Waals surface area contributed by atoms with E-state index in [0.717, 1.165) is 16.7 Å². The topological polar surface area (TPSA) is 123 Å². The summed E-state index contributed by atoms with van der Waals surface area (Å²) >= 11 is 0. The van der Waals surface area contributed by atoms with Crippen LogP contribution in [0.1, 0.15) is 48.4 Å². The number of esters is 1. The van der Waals surface area contributed by atoms with Crippen molar-refractivity contribution in [1.82, 2.24) is 0 Å². The number of hydrogen-bond acceptors (Lipinski definition) is 8. The van der Waals surface area contributed by atoms with Gasteiger partial charge in [-0.15, -0.1) is 0 Å². The number of carbonyl (C=O) groups is 2. The second-order valence-corrected chi connectivity index (χ2v) is 8.81. The standard InChI is InChI=1S/C26H28O8/c1-15-11-17(4-7-21(15)29)3-6-20(28)13-26(33-23-16(2)32-25(31)24(23)34-26)10-9-18-5-8-22(30)19(12-18)14-27/h4-5,7-8,11-12,16,27,29-30H,3,6,9-10,13-14H2,1-2H3. The van der Waals surface area contributed by atoms with Gasteiger partial charge in [0.1, 0.15) is 17.3 Å². The zero-order chi connectivity index (χ0) is 24.5. The molecule has 4 rings (SSSR count). The molecule has 180 valence electrons. The lowest BCUT2D eigenvalue weighted by Crippen LogP contribution is -2.37. The summed E-state index contributed by atoms with van der Waals surface area (Å²) in [7, 11) is 0. The van der Waals surface area contributed by atoms with Crippen molar-refractivity contribution >= 4 is 11.8 Å². The zero-order valence-corrected chi connectivity index (χ0v) is 19.2. The highest BCUT2D eigenvalue weighted by atomic mass is 16.8. The van der Waals surface area contributed by atoms with Crippen molar-refractivity contribution in [2.75, 3.05) is 0 Å². The maximum absolute atomic E-state index is 13.0. The summed E-state index contributed by atoms with van der Waals surface area (Å²) in [6.45, 7) is 3.18. The van der Waals surface area contributed by atoms with E-state index in [4.69, 9.17) is 14.2 Å². The van der Waals surface area contributed by atoms with E-state index in [0.29, 0.717) is 24.2 Å². The second-order valence-electron chi connectivity index (χ2n) is 8.81. The Labute approximate surface area is 197 Å². The minimum atomic E-state index is -1.34. The van der Waals surface area contributed by atoms with Crippen LogP contribution >= 0.6 is 0 Å². The number of carbonyl (C=O) groups excluding carboxylic acids is 2. The third-order valence-corrected chi connectivity index (χ3v) is 6.18. The molecule has 8 nitrogen and oxygen atoms in total. The molecule has 2 aliphatic rings. The van der Waals surface area contributed by atoms with E-state index in [9.17, 15) is 24.9 Å². The molecule has 34 heavy (non-hydrogen) atoms. The van der Waals surface area contributed by atoms with E-state index in [1.807, 2.05) is 6.07 Å². The number of aliphatic hydroxyl groups is 1. The van der Waals surface area contributed by atoms with Crippen LogP contribution in [0.4, 0.5) is 0 Å². The number of cyclic esters (lactones) is 1. The Bertz CT molecular complexity index is 1150. The van der Waals surface area contributed by atoms with Crippen LogP contribution in [0.2, 0.25) is 0 Å². The van der Waals surface area contributed by atoms with Gasteiger partial charge < -0.3 is 29.5 Å². The highest BCUT2D eigenvalue weighted by molar-refractivity contribution is 5.90. The van der Waals surface area contributed by atoms with Gasteiger partial charge in [-0.3, -0.25) is 4.79 Å². The molecule has 8 heteroatoms. The third kappa shape index (κ3) is 4.87. The van der Waals surface area contributed by atoms with Crippen LogP contribution in [0.3, 0.4) is 0 Å². The predicted molar refractivity (Wildman–Crippen MR) is 121 cm³/mol. The Kier molecular flexibility index (Phi) is 6.52. The zero-order valence-electron chi connectivity index (χ0n) is 19.2. The van der Waals surface area contributed by atoms with Crippen LogP contribution in [0.15, 0.2) is 47.9 Å². The number of ether oxygens (including phenoxy) is 3. The van der Waals surface area contributed by atoms with Crippen molar-refractivity contribution in [3.8, 4) is 11.5 Å². The minimum Gasteiger partial charge on any atom is -0.508 e. The SMILES string of the molecule is Cc1cc(CCC(=O)CC2(CCc3ccc(O)c(CO)c3)OC3=C(O2)C(C)OC3=O)ccc1O. The molecule has 2 aromatic rings. The van der Waals surface area contributed by atoms with E-state index in [-0.39, 0.29) is 48.9 Å². The number of benzene rings is 2. The van der Waals surface area contributed by atoms with Gasteiger partial charge in [-0.1, -0.05) is 18.2 Å². The van der Waals surface area contributed by atoms with Crippen LogP contribution < -0.4 is 0 Å². The Morgan fingerprint density at radius 1 is 1.03 bits per heavy atom. The summed E-state index contributed by atoms with van der Waals surface area (Å²) in [5.41, 5.74) is 2.90. The number of phenols is 2. The lowest BCUT2D eigenvalue weighted by Gasteiger charge is -2.30. The summed E-state index contributed by atoms with van der Waals surface area (Å²) in [5.74, 6) is -1.51. The molecule has 0 saturated carbocycles. The first-order valence-electron chi connectivity index (χ1n) is 11.2. The number of aliphatic hydroxyl groups excluding tert-OH is 1. The normalized spacial score (nSPS) is 21.1. The fourth-order valence-corrected chi connectivity index (χ4v) is 4.25. The number of aryl methyl sites for hydroxylation is 3. The summed E-state index contributed by atoms with van der Waals surface area (Å²) in [6, 6.07) is 10.2. The molecule has 0 bridgehead atoms. The predicted octanol–water partition coefficient (Wildman–Crippen LogP) is 3.32. The van der Waals surface area contributed by atoms with Crippen LogP contribution in [-0.4, -0.2) is 39.0 Å². The monoisotopic (exact) mass is 468 g/mol. The smallest absolute Gasteiger partial charge is 0.378 e. The molecule has 2 atom stereocenters. The molecule has 0 radical (unpaired) electrons. The Morgan fingerprint density at radius 3 is 2.41 bits per heavy atom. The maximum Gasteiger partial charge on any atom is 0.378 e. The van der Waals surface area contributed by atoms with Crippen molar-refractivity contribution in [2.45, 2.75) is 64.4 Å². The molecular weight excluding hydrogens is 440 g/mol. The van der Waals surface area contributed by atoms with Crippen LogP contribution in [0.25, 0.3) is 0 Å². The Morgan fingerprint density at radius 2 is 1.74 bits per heavy atom. The molecule has 0 spiro atoms. The fraction of sp³-hybridized carbons (Fsp3) is 0.385. The van der Waals surface area contributed by atoms with E-state index < -0.39 is 17.9 Å². The lowest BCUT2D eigenvalue weighted by molar-refractivity contribution is -0.191. The highest BCUT2D eigenvalue weighted by Crippen LogP contribution is 2.43. The number of phenolic OH excluding ortho intramolecular Hbond substituents is 1. The van der Waals surface area contributed by atoms with Crippen LogP contribution in [0, 0.1) is 6.92 Å². The van der Waals surface area contributed by atoms with Crippen LogP contribution in [0.5, 0.6) is 11.5 Å². The number of Topliss-reactive ketones (excluding diaryl/α,β-unsaturated/α-hetero) is 1. The maximum atomic E-state index is 13.0. The molecule has 0 aliphatic carbocycles. The number of aromatic hydroxyl groups is 2. The van der Waals surface area contributed by atoms with Crippen molar-refractivity contribution in [2.24, 2.45) is 0 Å². The van der Waals surface area contributed by atoms with Crippen molar-refractivity contribution < 1.29 is 39.1 Å². The number of rotatable bonds is 9. The number of hydrogen-bond donors (Lipinski definition) is 3. The highest BCUT2D eigenvalue weighted by Gasteiger charge is 2.52. The Hall–Kier alpha value is -3.52. The summed E-state index contributed by atoms with van der Waals surface area (Å²) < 4.78 is 17.2. The fourth-order valence-electron chi connectivity index (χ4n) is 4.25. The summed E-state index contributed by atoms with van der Waals surface area (Å²) in [4.78, 5) is 25.1. The van der Waals surface area contributed by atoms with Crippen molar-refractivity contribution in [3.63, 3.8) is 0 Å². The summed E-state index contributed by atoms with van der Waals surface area (Å²) in [5, 5.41) is 28.9. The quantitative estimate of drug-likeness (QED) is 0.479. The van der Waals surface area contributed by atoms with Gasteiger partial charge in [0.05, 0.1) is 13.0 Å². The average Bonchev–Trinajstić information content (AvgIpc) is 3.30. The van der Waals surface area contributed by atoms with Gasteiger partial charge in [-0.2, -0.15) is 0 Å². The average molecular weight is 469 g/mol. The van der Waals surface area contributed by atoms with E-state index >= 15 is 0 Å². The summed E-state index contributed by atoms with van der Waals surface area (Å²) in [6.07, 6.45) is 0.814.